The summed E-state index contributed by atoms with van der Waals surface area (Å²) >= 11 is 0. The van der Waals surface area contributed by atoms with E-state index in [1.165, 1.54) is 12.8 Å². The molecule has 1 aliphatic rings. The van der Waals surface area contributed by atoms with Gasteiger partial charge in [0.1, 0.15) is 0 Å². The molecule has 2 unspecified atom stereocenters. The maximum absolute atomic E-state index is 11.4. The number of nitrogens with zero attached hydrogens (tertiary/aromatic N) is 2. The van der Waals surface area contributed by atoms with E-state index in [0.29, 0.717) is 5.92 Å². The van der Waals surface area contributed by atoms with Crippen LogP contribution < -0.4 is 11.3 Å². The van der Waals surface area contributed by atoms with Gasteiger partial charge in [0.15, 0.2) is 0 Å². The van der Waals surface area contributed by atoms with Crippen molar-refractivity contribution in [2.75, 3.05) is 0 Å². The summed E-state index contributed by atoms with van der Waals surface area (Å²) < 4.78 is 1.85. The zero-order chi connectivity index (χ0) is 11.7. The molecule has 0 aliphatic heterocycles. The van der Waals surface area contributed by atoms with Crippen molar-refractivity contribution in [3.8, 4) is 0 Å². The van der Waals surface area contributed by atoms with Gasteiger partial charge >= 0.3 is 0 Å². The Bertz CT molecular complexity index is 383. The summed E-state index contributed by atoms with van der Waals surface area (Å²) in [4.78, 5) is 11.4. The molecule has 2 rings (SSSR count). The van der Waals surface area contributed by atoms with Crippen molar-refractivity contribution in [1.29, 1.82) is 0 Å². The van der Waals surface area contributed by atoms with Gasteiger partial charge in [-0.3, -0.25) is 14.9 Å². The van der Waals surface area contributed by atoms with E-state index < -0.39 is 0 Å². The first-order valence-electron chi connectivity index (χ1n) is 5.69. The van der Waals surface area contributed by atoms with Gasteiger partial charge in [-0.15, -0.1) is 0 Å². The standard InChI is InChI=1S/C11H18N4O/c1-7(11(16)13-12)8(2)15-6-5-10(14-15)9-3-4-9/h5-9H,3-4,12H2,1-2H3,(H,13,16). The molecule has 0 radical (unpaired) electrons. The molecule has 5 nitrogen and oxygen atoms in total. The molecule has 5 heteroatoms. The molecular formula is C11H18N4O. The number of aromatic nitrogens is 2. The summed E-state index contributed by atoms with van der Waals surface area (Å²) in [6.07, 6.45) is 4.42. The van der Waals surface area contributed by atoms with Gasteiger partial charge in [0.2, 0.25) is 5.91 Å². The van der Waals surface area contributed by atoms with Gasteiger partial charge < -0.3 is 0 Å². The predicted octanol–water partition coefficient (Wildman–Crippen LogP) is 0.947. The molecule has 16 heavy (non-hydrogen) atoms. The third-order valence-electron chi connectivity index (χ3n) is 3.32. The monoisotopic (exact) mass is 222 g/mol. The van der Waals surface area contributed by atoms with Crippen LogP contribution in [0.25, 0.3) is 0 Å². The predicted molar refractivity (Wildman–Crippen MR) is 60.4 cm³/mol. The van der Waals surface area contributed by atoms with Crippen molar-refractivity contribution in [1.82, 2.24) is 15.2 Å². The van der Waals surface area contributed by atoms with Gasteiger partial charge in [-0.25, -0.2) is 5.84 Å². The van der Waals surface area contributed by atoms with Crippen molar-refractivity contribution in [3.05, 3.63) is 18.0 Å². The third-order valence-corrected chi connectivity index (χ3v) is 3.32. The average Bonchev–Trinajstić information content (AvgIpc) is 3.04. The highest BCUT2D eigenvalue weighted by Crippen LogP contribution is 2.39. The molecule has 2 atom stereocenters. The molecule has 0 bridgehead atoms. The molecule has 1 aromatic rings. The summed E-state index contributed by atoms with van der Waals surface area (Å²) in [5, 5.41) is 4.51. The molecule has 3 N–H and O–H groups in total. The minimum atomic E-state index is -0.183. The quantitative estimate of drug-likeness (QED) is 0.452. The molecular weight excluding hydrogens is 204 g/mol. The number of nitrogens with two attached hydrogens (primary N) is 1. The van der Waals surface area contributed by atoms with E-state index in [1.54, 1.807) is 0 Å². The molecule has 1 fully saturated rings. The van der Waals surface area contributed by atoms with Crippen LogP contribution >= 0.6 is 0 Å². The SMILES string of the molecule is CC(C(=O)NN)C(C)n1ccc(C2CC2)n1. The highest BCUT2D eigenvalue weighted by molar-refractivity contribution is 5.78. The fourth-order valence-corrected chi connectivity index (χ4v) is 1.76. The lowest BCUT2D eigenvalue weighted by molar-refractivity contribution is -0.125. The molecule has 1 amide bonds. The van der Waals surface area contributed by atoms with E-state index >= 15 is 0 Å². The number of hydrogen-bond donors (Lipinski definition) is 2. The molecule has 1 saturated carbocycles. The highest BCUT2D eigenvalue weighted by atomic mass is 16.2. The van der Waals surface area contributed by atoms with Crippen LogP contribution in [0.1, 0.15) is 44.3 Å². The fraction of sp³-hybridized carbons (Fsp3) is 0.636. The summed E-state index contributed by atoms with van der Waals surface area (Å²) in [6, 6.07) is 2.07. The van der Waals surface area contributed by atoms with Crippen LogP contribution in [0.3, 0.4) is 0 Å². The summed E-state index contributed by atoms with van der Waals surface area (Å²) in [7, 11) is 0. The Morgan fingerprint density at radius 3 is 2.88 bits per heavy atom. The summed E-state index contributed by atoms with van der Waals surface area (Å²) in [5.74, 6) is 5.43. The van der Waals surface area contributed by atoms with Crippen LogP contribution in [0.4, 0.5) is 0 Å². The number of rotatable bonds is 4. The van der Waals surface area contributed by atoms with Crippen LogP contribution in [0.5, 0.6) is 0 Å². The Labute approximate surface area is 95.0 Å². The van der Waals surface area contributed by atoms with Gasteiger partial charge in [0.05, 0.1) is 17.7 Å². The van der Waals surface area contributed by atoms with E-state index in [-0.39, 0.29) is 17.9 Å². The third kappa shape index (κ3) is 2.09. The smallest absolute Gasteiger partial charge is 0.238 e. The zero-order valence-electron chi connectivity index (χ0n) is 9.68. The summed E-state index contributed by atoms with van der Waals surface area (Å²) in [5.41, 5.74) is 3.32. The molecule has 1 heterocycles. The van der Waals surface area contributed by atoms with Crippen LogP contribution in [-0.2, 0) is 4.79 Å². The molecule has 0 saturated heterocycles. The molecule has 88 valence electrons. The second-order valence-corrected chi connectivity index (χ2v) is 4.53. The number of carbonyl (C=O) groups excluding carboxylic acids is 1. The maximum Gasteiger partial charge on any atom is 0.238 e. The van der Waals surface area contributed by atoms with E-state index in [1.807, 2.05) is 30.8 Å². The minimum absolute atomic E-state index is 0.0241. The average molecular weight is 222 g/mol. The first-order chi connectivity index (χ1) is 7.63. The topological polar surface area (TPSA) is 72.9 Å². The first-order valence-corrected chi connectivity index (χ1v) is 5.69. The Balaban J connectivity index is 2.07. The Morgan fingerprint density at radius 1 is 1.62 bits per heavy atom. The second-order valence-electron chi connectivity index (χ2n) is 4.53. The van der Waals surface area contributed by atoms with E-state index in [0.717, 1.165) is 5.69 Å². The lowest BCUT2D eigenvalue weighted by Crippen LogP contribution is -2.37. The summed E-state index contributed by atoms with van der Waals surface area (Å²) in [6.45, 7) is 3.83. The number of nitrogens with one attached hydrogen (secondary N) is 1. The fourth-order valence-electron chi connectivity index (χ4n) is 1.76. The van der Waals surface area contributed by atoms with Crippen molar-refractivity contribution in [3.63, 3.8) is 0 Å². The van der Waals surface area contributed by atoms with Crippen molar-refractivity contribution in [2.45, 2.75) is 38.6 Å². The van der Waals surface area contributed by atoms with Crippen molar-refractivity contribution >= 4 is 5.91 Å². The minimum Gasteiger partial charge on any atom is -0.294 e. The number of carbonyl (C=O) groups is 1. The van der Waals surface area contributed by atoms with Crippen LogP contribution in [0.2, 0.25) is 0 Å². The maximum atomic E-state index is 11.4. The Hall–Kier alpha value is -1.36. The van der Waals surface area contributed by atoms with E-state index in [4.69, 9.17) is 5.84 Å². The molecule has 1 aromatic heterocycles. The molecule has 0 aromatic carbocycles. The highest BCUT2D eigenvalue weighted by Gasteiger charge is 2.27. The normalized spacial score (nSPS) is 19.2. The largest absolute Gasteiger partial charge is 0.294 e. The molecule has 0 spiro atoms. The second kappa shape index (κ2) is 4.25. The van der Waals surface area contributed by atoms with Crippen LogP contribution in [0, 0.1) is 5.92 Å². The number of hydrogen-bond acceptors (Lipinski definition) is 3. The zero-order valence-corrected chi connectivity index (χ0v) is 9.68. The first kappa shape index (κ1) is 11.1. The number of amides is 1. The van der Waals surface area contributed by atoms with Crippen LogP contribution in [-0.4, -0.2) is 15.7 Å². The lowest BCUT2D eigenvalue weighted by Gasteiger charge is -2.18. The Morgan fingerprint density at radius 2 is 2.31 bits per heavy atom. The van der Waals surface area contributed by atoms with Crippen molar-refractivity contribution < 1.29 is 4.79 Å². The van der Waals surface area contributed by atoms with Gasteiger partial charge in [-0.05, 0) is 25.8 Å². The van der Waals surface area contributed by atoms with Crippen molar-refractivity contribution in [2.24, 2.45) is 11.8 Å². The van der Waals surface area contributed by atoms with Crippen LogP contribution in [0.15, 0.2) is 12.3 Å². The lowest BCUT2D eigenvalue weighted by atomic mass is 10.0. The van der Waals surface area contributed by atoms with Gasteiger partial charge in [-0.1, -0.05) is 6.92 Å². The van der Waals surface area contributed by atoms with Gasteiger partial charge in [0, 0.05) is 12.1 Å². The molecule has 1 aliphatic carbocycles. The number of hydrazine groups is 1. The van der Waals surface area contributed by atoms with Gasteiger partial charge in [-0.2, -0.15) is 5.10 Å². The van der Waals surface area contributed by atoms with E-state index in [2.05, 4.69) is 10.5 Å². The van der Waals surface area contributed by atoms with E-state index in [9.17, 15) is 4.79 Å². The van der Waals surface area contributed by atoms with Gasteiger partial charge in [0.25, 0.3) is 0 Å². The Kier molecular flexibility index (Phi) is 2.96.